The van der Waals surface area contributed by atoms with Crippen LogP contribution in [0.4, 0.5) is 18.9 Å². The predicted octanol–water partition coefficient (Wildman–Crippen LogP) is 5.70. The van der Waals surface area contributed by atoms with Gasteiger partial charge in [0.1, 0.15) is 5.75 Å². The molecule has 1 N–H and O–H groups in total. The average molecular weight is 483 g/mol. The van der Waals surface area contributed by atoms with Gasteiger partial charge in [0.05, 0.1) is 12.0 Å². The maximum Gasteiger partial charge on any atom is 0.416 e. The minimum Gasteiger partial charge on any atom is -0.484 e. The van der Waals surface area contributed by atoms with Gasteiger partial charge in [-0.15, -0.1) is 0 Å². The molecule has 0 aromatic heterocycles. The van der Waals surface area contributed by atoms with Crippen LogP contribution in [0.1, 0.15) is 30.5 Å². The topological polar surface area (TPSA) is 66.8 Å². The van der Waals surface area contributed by atoms with E-state index >= 15 is 0 Å². The van der Waals surface area contributed by atoms with Crippen LogP contribution >= 0.6 is 0 Å². The third-order valence-electron chi connectivity index (χ3n) is 6.03. The first-order valence-electron chi connectivity index (χ1n) is 11.0. The fraction of sp³-hybridized carbons (Fsp3) is 0.259. The molecule has 0 saturated heterocycles. The van der Waals surface area contributed by atoms with Gasteiger partial charge in [0.25, 0.3) is 5.91 Å². The molecule has 0 aliphatic carbocycles. The summed E-state index contributed by atoms with van der Waals surface area (Å²) in [5.74, 6) is -0.791. The lowest BCUT2D eigenvalue weighted by Gasteiger charge is -2.21. The van der Waals surface area contributed by atoms with Crippen molar-refractivity contribution in [2.45, 2.75) is 31.9 Å². The van der Waals surface area contributed by atoms with Gasteiger partial charge in [-0.2, -0.15) is 13.2 Å². The van der Waals surface area contributed by atoms with E-state index in [4.69, 9.17) is 9.84 Å². The first-order chi connectivity index (χ1) is 16.4. The Labute approximate surface area is 200 Å². The van der Waals surface area contributed by atoms with E-state index in [2.05, 4.69) is 0 Å². The van der Waals surface area contributed by atoms with Crippen LogP contribution in [0.5, 0.6) is 5.75 Å². The quantitative estimate of drug-likeness (QED) is 0.488. The molecule has 1 aliphatic rings. The van der Waals surface area contributed by atoms with Gasteiger partial charge in [-0.1, -0.05) is 44.2 Å². The molecule has 0 atom stereocenters. The normalized spacial score (nSPS) is 14.5. The summed E-state index contributed by atoms with van der Waals surface area (Å²) in [6, 6.07) is 17.1. The molecule has 0 fully saturated rings. The highest BCUT2D eigenvalue weighted by molar-refractivity contribution is 5.97. The average Bonchev–Trinajstić information content (AvgIpc) is 3.07. The lowest BCUT2D eigenvalue weighted by atomic mass is 9.85. The summed E-state index contributed by atoms with van der Waals surface area (Å²) in [4.78, 5) is 25.6. The number of fused-ring (bicyclic) bond motifs is 1. The standard InChI is InChI=1S/C27H24F3NO4/c1-26(2)16-31(24(32)15-35-21-5-3-4-17(12-21)13-25(33)34)23-11-8-19(14-22(23)26)18-6-9-20(10-7-18)27(28,29)30/h3-12,14H,13,15-16H2,1-2H3,(H,33,34). The van der Waals surface area contributed by atoms with E-state index in [1.807, 2.05) is 26.0 Å². The number of carboxylic acid groups (broad SMARTS) is 1. The summed E-state index contributed by atoms with van der Waals surface area (Å²) in [5.41, 5.74) is 2.59. The summed E-state index contributed by atoms with van der Waals surface area (Å²) in [6.07, 6.45) is -4.53. The van der Waals surface area contributed by atoms with Crippen molar-refractivity contribution in [3.63, 3.8) is 0 Å². The van der Waals surface area contributed by atoms with E-state index in [1.54, 1.807) is 35.2 Å². The number of anilines is 1. The first-order valence-corrected chi connectivity index (χ1v) is 11.0. The molecule has 1 amide bonds. The Hall–Kier alpha value is -3.81. The minimum atomic E-state index is -4.39. The Kier molecular flexibility index (Phi) is 6.32. The fourth-order valence-corrected chi connectivity index (χ4v) is 4.28. The molecular weight excluding hydrogens is 459 g/mol. The van der Waals surface area contributed by atoms with Gasteiger partial charge in [0.2, 0.25) is 0 Å². The summed E-state index contributed by atoms with van der Waals surface area (Å²) in [6.45, 7) is 4.23. The van der Waals surface area contributed by atoms with Crippen molar-refractivity contribution in [1.82, 2.24) is 0 Å². The van der Waals surface area contributed by atoms with Crippen molar-refractivity contribution in [3.8, 4) is 16.9 Å². The molecule has 3 aromatic rings. The van der Waals surface area contributed by atoms with E-state index in [0.717, 1.165) is 28.9 Å². The van der Waals surface area contributed by atoms with E-state index in [-0.39, 0.29) is 24.3 Å². The van der Waals surface area contributed by atoms with Gasteiger partial charge in [-0.05, 0) is 58.7 Å². The third-order valence-corrected chi connectivity index (χ3v) is 6.03. The van der Waals surface area contributed by atoms with Gasteiger partial charge in [0, 0.05) is 17.6 Å². The molecule has 1 aliphatic heterocycles. The Morgan fingerprint density at radius 1 is 1.00 bits per heavy atom. The van der Waals surface area contributed by atoms with Crippen LogP contribution in [0.15, 0.2) is 66.7 Å². The Morgan fingerprint density at radius 2 is 1.69 bits per heavy atom. The van der Waals surface area contributed by atoms with Gasteiger partial charge in [0.15, 0.2) is 6.61 Å². The van der Waals surface area contributed by atoms with Crippen LogP contribution in [0, 0.1) is 0 Å². The number of carbonyl (C=O) groups excluding carboxylic acids is 1. The largest absolute Gasteiger partial charge is 0.484 e. The Bertz CT molecular complexity index is 1270. The van der Waals surface area contributed by atoms with Crippen LogP contribution in [-0.4, -0.2) is 30.1 Å². The van der Waals surface area contributed by atoms with E-state index < -0.39 is 17.7 Å². The predicted molar refractivity (Wildman–Crippen MR) is 126 cm³/mol. The lowest BCUT2D eigenvalue weighted by molar-refractivity contribution is -0.138. The summed E-state index contributed by atoms with van der Waals surface area (Å²) in [7, 11) is 0. The number of carbonyl (C=O) groups is 2. The van der Waals surface area contributed by atoms with Crippen molar-refractivity contribution in [2.75, 3.05) is 18.1 Å². The number of carboxylic acids is 1. The molecule has 35 heavy (non-hydrogen) atoms. The summed E-state index contributed by atoms with van der Waals surface area (Å²) in [5, 5.41) is 8.95. The second-order valence-corrected chi connectivity index (χ2v) is 9.18. The summed E-state index contributed by atoms with van der Waals surface area (Å²) >= 11 is 0. The second-order valence-electron chi connectivity index (χ2n) is 9.18. The van der Waals surface area contributed by atoms with E-state index in [9.17, 15) is 22.8 Å². The third kappa shape index (κ3) is 5.31. The van der Waals surface area contributed by atoms with Crippen LogP contribution in [0.3, 0.4) is 0 Å². The number of hydrogen-bond acceptors (Lipinski definition) is 3. The number of hydrogen-bond donors (Lipinski definition) is 1. The Morgan fingerprint density at radius 3 is 2.34 bits per heavy atom. The number of benzene rings is 3. The van der Waals surface area contributed by atoms with Crippen molar-refractivity contribution in [1.29, 1.82) is 0 Å². The van der Waals surface area contributed by atoms with Gasteiger partial charge in [-0.3, -0.25) is 9.59 Å². The van der Waals surface area contributed by atoms with Gasteiger partial charge >= 0.3 is 12.1 Å². The van der Waals surface area contributed by atoms with Crippen molar-refractivity contribution in [2.24, 2.45) is 0 Å². The van der Waals surface area contributed by atoms with Crippen LogP contribution in [-0.2, 0) is 27.6 Å². The molecule has 0 unspecified atom stereocenters. The maximum atomic E-state index is 13.0. The molecule has 3 aromatic carbocycles. The van der Waals surface area contributed by atoms with Crippen LogP contribution in [0.2, 0.25) is 0 Å². The number of nitrogens with zero attached hydrogens (tertiary/aromatic N) is 1. The zero-order valence-corrected chi connectivity index (χ0v) is 19.2. The lowest BCUT2D eigenvalue weighted by Crippen LogP contribution is -2.37. The van der Waals surface area contributed by atoms with Crippen LogP contribution in [0.25, 0.3) is 11.1 Å². The molecule has 182 valence electrons. The minimum absolute atomic E-state index is 0.139. The second kappa shape index (κ2) is 9.09. The highest BCUT2D eigenvalue weighted by Gasteiger charge is 2.38. The molecule has 1 heterocycles. The zero-order valence-electron chi connectivity index (χ0n) is 19.2. The molecule has 5 nitrogen and oxygen atoms in total. The molecular formula is C27H24F3NO4. The number of halogens is 3. The maximum absolute atomic E-state index is 13.0. The van der Waals surface area contributed by atoms with Crippen LogP contribution < -0.4 is 9.64 Å². The number of alkyl halides is 3. The van der Waals surface area contributed by atoms with Crippen molar-refractivity contribution >= 4 is 17.6 Å². The highest BCUT2D eigenvalue weighted by atomic mass is 19.4. The molecule has 0 saturated carbocycles. The first kappa shape index (κ1) is 24.3. The van der Waals surface area contributed by atoms with E-state index in [1.165, 1.54) is 12.1 Å². The number of rotatable bonds is 6. The smallest absolute Gasteiger partial charge is 0.416 e. The molecule has 0 spiro atoms. The highest BCUT2D eigenvalue weighted by Crippen LogP contribution is 2.42. The number of amides is 1. The number of ether oxygens (including phenoxy) is 1. The van der Waals surface area contributed by atoms with E-state index in [0.29, 0.717) is 23.4 Å². The zero-order chi connectivity index (χ0) is 25.4. The monoisotopic (exact) mass is 483 g/mol. The molecule has 0 bridgehead atoms. The summed E-state index contributed by atoms with van der Waals surface area (Å²) < 4.78 is 44.3. The molecule has 4 rings (SSSR count). The number of aliphatic carboxylic acids is 1. The Balaban J connectivity index is 1.52. The van der Waals surface area contributed by atoms with Crippen molar-refractivity contribution in [3.05, 3.63) is 83.4 Å². The van der Waals surface area contributed by atoms with Crippen molar-refractivity contribution < 1.29 is 32.6 Å². The van der Waals surface area contributed by atoms with Gasteiger partial charge in [-0.25, -0.2) is 0 Å². The SMILES string of the molecule is CC1(C)CN(C(=O)COc2cccc(CC(=O)O)c2)c2ccc(-c3ccc(C(F)(F)F)cc3)cc21. The molecule has 0 radical (unpaired) electrons. The molecule has 8 heteroatoms. The fourth-order valence-electron chi connectivity index (χ4n) is 4.28. The van der Waals surface area contributed by atoms with Gasteiger partial charge < -0.3 is 14.7 Å².